The number of carbonyl (C=O) groups excluding carboxylic acids is 2. The fourth-order valence-corrected chi connectivity index (χ4v) is 6.20. The number of hydrogen-bond donors (Lipinski definition) is 2. The average molecular weight is 458 g/mol. The summed E-state index contributed by atoms with van der Waals surface area (Å²) < 4.78 is 27.3. The van der Waals surface area contributed by atoms with Crippen LogP contribution in [0.2, 0.25) is 0 Å². The molecule has 33 heavy (non-hydrogen) atoms. The van der Waals surface area contributed by atoms with E-state index < -0.39 is 12.0 Å². The number of rotatable bonds is 5. The lowest BCUT2D eigenvalue weighted by Gasteiger charge is -2.34. The molecule has 2 aliphatic carbocycles. The van der Waals surface area contributed by atoms with E-state index in [0.717, 1.165) is 31.2 Å². The molecule has 4 atom stereocenters. The topological polar surface area (TPSA) is 61.4 Å². The van der Waals surface area contributed by atoms with Crippen LogP contribution in [0.5, 0.6) is 0 Å². The molecular weight excluding hydrogens is 424 g/mol. The van der Waals surface area contributed by atoms with Gasteiger partial charge in [0.1, 0.15) is 6.04 Å². The van der Waals surface area contributed by atoms with Crippen LogP contribution in [0.25, 0.3) is 0 Å². The second kappa shape index (κ2) is 8.82. The van der Waals surface area contributed by atoms with Crippen LogP contribution in [0.1, 0.15) is 79.3 Å². The Hall–Kier alpha value is -2.28. The van der Waals surface area contributed by atoms with Crippen molar-refractivity contribution in [2.45, 2.75) is 94.8 Å². The van der Waals surface area contributed by atoms with Crippen molar-refractivity contribution in [3.8, 4) is 0 Å². The van der Waals surface area contributed by atoms with E-state index >= 15 is 0 Å². The number of carbonyl (C=O) groups is 2. The second-order valence-electron chi connectivity index (χ2n) is 10.4. The van der Waals surface area contributed by atoms with Gasteiger partial charge in [0.2, 0.25) is 11.8 Å². The molecule has 4 aliphatic rings. The average Bonchev–Trinajstić information content (AvgIpc) is 3.28. The molecule has 3 fully saturated rings. The zero-order chi connectivity index (χ0) is 23.2. The lowest BCUT2D eigenvalue weighted by Crippen LogP contribution is -2.49. The van der Waals surface area contributed by atoms with Crippen molar-refractivity contribution in [2.24, 2.45) is 5.92 Å². The first kappa shape index (κ1) is 22.5. The molecule has 2 amide bonds. The molecule has 2 aliphatic heterocycles. The fourth-order valence-electron chi connectivity index (χ4n) is 6.20. The third-order valence-electron chi connectivity index (χ3n) is 7.96. The number of nitrogens with zero attached hydrogens (tertiary/aromatic N) is 1. The zero-order valence-corrected chi connectivity index (χ0v) is 19.0. The highest BCUT2D eigenvalue weighted by atomic mass is 19.3. The number of amides is 2. The third-order valence-corrected chi connectivity index (χ3v) is 7.96. The second-order valence-corrected chi connectivity index (χ2v) is 10.4. The minimum atomic E-state index is -2.53. The smallest absolute Gasteiger partial charge is 0.255 e. The first-order valence-electron chi connectivity index (χ1n) is 12.3. The predicted octanol–water partition coefficient (Wildman–Crippen LogP) is 4.31. The van der Waals surface area contributed by atoms with Gasteiger partial charge in [0.05, 0.1) is 0 Å². The van der Waals surface area contributed by atoms with E-state index in [1.54, 1.807) is 4.90 Å². The molecule has 1 aromatic rings. The molecule has 0 spiro atoms. The Morgan fingerprint density at radius 3 is 2.73 bits per heavy atom. The molecule has 2 N–H and O–H groups in total. The van der Waals surface area contributed by atoms with Gasteiger partial charge in [-0.2, -0.15) is 0 Å². The van der Waals surface area contributed by atoms with E-state index in [2.05, 4.69) is 23.3 Å². The highest BCUT2D eigenvalue weighted by Crippen LogP contribution is 2.37. The first-order chi connectivity index (χ1) is 15.8. The lowest BCUT2D eigenvalue weighted by molar-refractivity contribution is -0.126. The van der Waals surface area contributed by atoms with Gasteiger partial charge in [-0.25, -0.2) is 8.78 Å². The number of nitrogens with one attached hydrogen (secondary N) is 2. The Morgan fingerprint density at radius 2 is 1.97 bits per heavy atom. The van der Waals surface area contributed by atoms with Crippen LogP contribution in [0.15, 0.2) is 30.5 Å². The molecule has 1 saturated heterocycles. The first-order valence-corrected chi connectivity index (χ1v) is 12.3. The van der Waals surface area contributed by atoms with Crippen molar-refractivity contribution in [1.82, 2.24) is 15.5 Å². The van der Waals surface area contributed by atoms with E-state index in [1.165, 1.54) is 12.0 Å². The Labute approximate surface area is 194 Å². The summed E-state index contributed by atoms with van der Waals surface area (Å²) in [7, 11) is 0. The van der Waals surface area contributed by atoms with Crippen molar-refractivity contribution >= 4 is 11.8 Å². The lowest BCUT2D eigenvalue weighted by atomic mass is 9.80. The molecule has 7 heteroatoms. The van der Waals surface area contributed by atoms with E-state index in [9.17, 15) is 18.4 Å². The predicted molar refractivity (Wildman–Crippen MR) is 122 cm³/mol. The Morgan fingerprint density at radius 1 is 1.15 bits per heavy atom. The van der Waals surface area contributed by atoms with Crippen LogP contribution < -0.4 is 10.6 Å². The van der Waals surface area contributed by atoms with Crippen molar-refractivity contribution in [2.75, 3.05) is 0 Å². The standard InChI is InChI=1S/C26H33F2N3O2/c1-16-6-9-23(24(32)29-16)31-15-19-13-17(7-8-21(19)25(31)33)12-18-4-2-3-5-22(18)30-20-10-11-26(27,28)14-20/h7-8,13,18,20,22-23,30H,1-6,9-12,14-15H2,(H,29,32)/t18-,20-,22+,23?/m1/s1. The van der Waals surface area contributed by atoms with E-state index in [0.29, 0.717) is 43.0 Å². The summed E-state index contributed by atoms with van der Waals surface area (Å²) in [6, 6.07) is 5.77. The Kier molecular flexibility index (Phi) is 6.02. The number of piperidine rings is 1. The highest BCUT2D eigenvalue weighted by Gasteiger charge is 2.41. The highest BCUT2D eigenvalue weighted by molar-refractivity contribution is 6.01. The SMILES string of the molecule is C=C1CCC(N2Cc3cc(C[C@H]4CCCC[C@@H]4N[C@@H]4CCC(F)(F)C4)ccc3C2=O)C(=O)N1. The molecule has 2 saturated carbocycles. The number of fused-ring (bicyclic) bond motifs is 1. The van der Waals surface area contributed by atoms with Gasteiger partial charge >= 0.3 is 0 Å². The Balaban J connectivity index is 1.26. The summed E-state index contributed by atoms with van der Waals surface area (Å²) in [5, 5.41) is 6.35. The van der Waals surface area contributed by atoms with E-state index in [4.69, 9.17) is 0 Å². The van der Waals surface area contributed by atoms with Gasteiger partial charge in [-0.3, -0.25) is 9.59 Å². The van der Waals surface area contributed by atoms with E-state index in [1.807, 2.05) is 12.1 Å². The quantitative estimate of drug-likeness (QED) is 0.693. The zero-order valence-electron chi connectivity index (χ0n) is 19.0. The number of alkyl halides is 2. The summed E-state index contributed by atoms with van der Waals surface area (Å²) >= 11 is 0. The van der Waals surface area contributed by atoms with Crippen LogP contribution in [-0.2, 0) is 17.8 Å². The number of hydrogen-bond acceptors (Lipinski definition) is 3. The molecule has 1 unspecified atom stereocenters. The van der Waals surface area contributed by atoms with Gasteiger partial charge in [0.25, 0.3) is 5.91 Å². The molecule has 1 aromatic carbocycles. The summed E-state index contributed by atoms with van der Waals surface area (Å²) in [6.07, 6.45) is 7.10. The van der Waals surface area contributed by atoms with E-state index in [-0.39, 0.29) is 36.7 Å². The summed E-state index contributed by atoms with van der Waals surface area (Å²) in [6.45, 7) is 4.27. The van der Waals surface area contributed by atoms with Gasteiger partial charge in [0.15, 0.2) is 0 Å². The summed E-state index contributed by atoms with van der Waals surface area (Å²) in [5.74, 6) is -2.35. The molecule has 2 heterocycles. The maximum absolute atomic E-state index is 13.7. The van der Waals surface area contributed by atoms with Crippen molar-refractivity contribution < 1.29 is 18.4 Å². The maximum Gasteiger partial charge on any atom is 0.255 e. The van der Waals surface area contributed by atoms with Crippen LogP contribution in [0, 0.1) is 5.92 Å². The summed E-state index contributed by atoms with van der Waals surface area (Å²) in [5.41, 5.74) is 3.55. The normalized spacial score (nSPS) is 31.6. The molecular formula is C26H33F2N3O2. The fraction of sp³-hybridized carbons (Fsp3) is 0.615. The molecule has 5 rings (SSSR count). The van der Waals surface area contributed by atoms with Gasteiger partial charge < -0.3 is 15.5 Å². The monoisotopic (exact) mass is 457 g/mol. The van der Waals surface area contributed by atoms with Crippen LogP contribution >= 0.6 is 0 Å². The minimum Gasteiger partial charge on any atom is -0.329 e. The van der Waals surface area contributed by atoms with Gasteiger partial charge in [-0.05, 0) is 61.6 Å². The minimum absolute atomic E-state index is 0.00939. The molecule has 178 valence electrons. The molecule has 0 radical (unpaired) electrons. The molecule has 0 aromatic heterocycles. The number of allylic oxidation sites excluding steroid dienone is 1. The maximum atomic E-state index is 13.7. The van der Waals surface area contributed by atoms with Crippen molar-refractivity contribution in [1.29, 1.82) is 0 Å². The molecule has 5 nitrogen and oxygen atoms in total. The van der Waals surface area contributed by atoms with Crippen LogP contribution in [0.4, 0.5) is 8.78 Å². The van der Waals surface area contributed by atoms with Crippen molar-refractivity contribution in [3.63, 3.8) is 0 Å². The van der Waals surface area contributed by atoms with Gasteiger partial charge in [-0.1, -0.05) is 31.6 Å². The van der Waals surface area contributed by atoms with Crippen LogP contribution in [0.3, 0.4) is 0 Å². The third kappa shape index (κ3) is 4.70. The summed E-state index contributed by atoms with van der Waals surface area (Å²) in [4.78, 5) is 27.1. The van der Waals surface area contributed by atoms with Gasteiger partial charge in [-0.15, -0.1) is 0 Å². The van der Waals surface area contributed by atoms with Crippen molar-refractivity contribution in [3.05, 3.63) is 47.2 Å². The molecule has 0 bridgehead atoms. The number of benzene rings is 1. The van der Waals surface area contributed by atoms with Crippen LogP contribution in [-0.4, -0.2) is 40.8 Å². The Bertz CT molecular complexity index is 963. The largest absolute Gasteiger partial charge is 0.329 e. The number of halogens is 2. The van der Waals surface area contributed by atoms with Gasteiger partial charge in [0, 0.05) is 42.7 Å².